The number of hydrogen-bond acceptors (Lipinski definition) is 7. The molecule has 26 heavy (non-hydrogen) atoms. The van der Waals surface area contributed by atoms with Crippen molar-refractivity contribution in [3.63, 3.8) is 0 Å². The van der Waals surface area contributed by atoms with Crippen molar-refractivity contribution in [3.05, 3.63) is 39.9 Å². The molecular formula is C16H17ClN2O5S2. The predicted molar refractivity (Wildman–Crippen MR) is 99.6 cm³/mol. The summed E-state index contributed by atoms with van der Waals surface area (Å²) in [4.78, 5) is 28.3. The largest absolute Gasteiger partial charge is 0.462 e. The quantitative estimate of drug-likeness (QED) is 0.696. The molecule has 1 aromatic heterocycles. The van der Waals surface area contributed by atoms with E-state index < -0.39 is 21.7 Å². The van der Waals surface area contributed by atoms with E-state index in [1.54, 1.807) is 13.8 Å². The second-order valence-electron chi connectivity index (χ2n) is 5.22. The van der Waals surface area contributed by atoms with E-state index in [0.717, 1.165) is 11.3 Å². The number of anilines is 1. The lowest BCUT2D eigenvalue weighted by atomic mass is 10.4. The van der Waals surface area contributed by atoms with Crippen LogP contribution in [0.25, 0.3) is 0 Å². The smallest absolute Gasteiger partial charge is 0.350 e. The molecule has 1 aromatic carbocycles. The Labute approximate surface area is 160 Å². The molecule has 10 heteroatoms. The SMILES string of the molecule is CCOC(=O)c1sc(NC(=O)CCS(=O)(=O)c2ccc(Cl)cc2)nc1C. The van der Waals surface area contributed by atoms with E-state index in [-0.39, 0.29) is 28.8 Å². The van der Waals surface area contributed by atoms with Gasteiger partial charge in [-0.15, -0.1) is 0 Å². The molecule has 0 atom stereocenters. The number of rotatable bonds is 7. The lowest BCUT2D eigenvalue weighted by Crippen LogP contribution is -2.17. The number of hydrogen-bond donors (Lipinski definition) is 1. The third-order valence-electron chi connectivity index (χ3n) is 3.27. The Hall–Kier alpha value is -1.97. The molecule has 1 heterocycles. The molecule has 0 aliphatic carbocycles. The fraction of sp³-hybridized carbons (Fsp3) is 0.312. The third kappa shape index (κ3) is 5.26. The Morgan fingerprint density at radius 2 is 1.92 bits per heavy atom. The molecule has 1 amide bonds. The second kappa shape index (κ2) is 8.61. The minimum absolute atomic E-state index is 0.101. The first-order valence-corrected chi connectivity index (χ1v) is 10.5. The average Bonchev–Trinajstić information content (AvgIpc) is 2.94. The number of ether oxygens (including phenoxy) is 1. The molecule has 0 aliphatic heterocycles. The summed E-state index contributed by atoms with van der Waals surface area (Å²) in [7, 11) is -3.60. The van der Waals surface area contributed by atoms with E-state index in [1.807, 2.05) is 0 Å². The number of halogens is 1. The van der Waals surface area contributed by atoms with Gasteiger partial charge < -0.3 is 10.1 Å². The highest BCUT2D eigenvalue weighted by molar-refractivity contribution is 7.91. The zero-order valence-corrected chi connectivity index (χ0v) is 16.5. The van der Waals surface area contributed by atoms with Gasteiger partial charge >= 0.3 is 5.97 Å². The van der Waals surface area contributed by atoms with Crippen molar-refractivity contribution in [2.24, 2.45) is 0 Å². The van der Waals surface area contributed by atoms with Crippen LogP contribution in [0, 0.1) is 6.92 Å². The van der Waals surface area contributed by atoms with Crippen molar-refractivity contribution < 1.29 is 22.7 Å². The molecule has 0 unspecified atom stereocenters. The number of amides is 1. The molecule has 7 nitrogen and oxygen atoms in total. The minimum Gasteiger partial charge on any atom is -0.462 e. The van der Waals surface area contributed by atoms with Crippen molar-refractivity contribution in [1.82, 2.24) is 4.98 Å². The maximum Gasteiger partial charge on any atom is 0.350 e. The Morgan fingerprint density at radius 1 is 1.27 bits per heavy atom. The Bertz CT molecular complexity index is 907. The summed E-state index contributed by atoms with van der Waals surface area (Å²) in [6, 6.07) is 5.74. The van der Waals surface area contributed by atoms with Crippen molar-refractivity contribution in [1.29, 1.82) is 0 Å². The maximum absolute atomic E-state index is 12.2. The molecule has 0 radical (unpaired) electrons. The van der Waals surface area contributed by atoms with Crippen LogP contribution in [0.1, 0.15) is 28.7 Å². The summed E-state index contributed by atoms with van der Waals surface area (Å²) >= 11 is 6.72. The van der Waals surface area contributed by atoms with Gasteiger partial charge in [-0.2, -0.15) is 0 Å². The van der Waals surface area contributed by atoms with Gasteiger partial charge in [-0.1, -0.05) is 22.9 Å². The van der Waals surface area contributed by atoms with Crippen molar-refractivity contribution in [2.45, 2.75) is 25.2 Å². The molecular weight excluding hydrogens is 400 g/mol. The summed E-state index contributed by atoms with van der Waals surface area (Å²) in [6.07, 6.45) is -0.238. The summed E-state index contributed by atoms with van der Waals surface area (Å²) in [5.74, 6) is -1.37. The van der Waals surface area contributed by atoms with Gasteiger partial charge in [0.05, 0.1) is 22.9 Å². The van der Waals surface area contributed by atoms with Crippen LogP contribution in [-0.2, 0) is 19.4 Å². The average molecular weight is 417 g/mol. The van der Waals surface area contributed by atoms with E-state index in [4.69, 9.17) is 16.3 Å². The molecule has 0 saturated heterocycles. The highest BCUT2D eigenvalue weighted by Crippen LogP contribution is 2.23. The molecule has 140 valence electrons. The molecule has 0 fully saturated rings. The number of aromatic nitrogens is 1. The fourth-order valence-corrected chi connectivity index (χ4v) is 4.25. The predicted octanol–water partition coefficient (Wildman–Crippen LogP) is 3.08. The van der Waals surface area contributed by atoms with Gasteiger partial charge in [0.25, 0.3) is 0 Å². The topological polar surface area (TPSA) is 102 Å². The van der Waals surface area contributed by atoms with Crippen LogP contribution in [0.4, 0.5) is 5.13 Å². The maximum atomic E-state index is 12.2. The number of sulfone groups is 1. The van der Waals surface area contributed by atoms with Crippen LogP contribution < -0.4 is 5.32 Å². The zero-order valence-electron chi connectivity index (χ0n) is 14.1. The van der Waals surface area contributed by atoms with E-state index in [2.05, 4.69) is 10.3 Å². The molecule has 0 spiro atoms. The summed E-state index contributed by atoms with van der Waals surface area (Å²) in [6.45, 7) is 3.56. The van der Waals surface area contributed by atoms with Crippen LogP contribution in [-0.4, -0.2) is 37.6 Å². The first kappa shape index (κ1) is 20.3. The van der Waals surface area contributed by atoms with Gasteiger partial charge in [-0.25, -0.2) is 18.2 Å². The van der Waals surface area contributed by atoms with Gasteiger partial charge in [0.1, 0.15) is 4.88 Å². The number of esters is 1. The van der Waals surface area contributed by atoms with E-state index in [0.29, 0.717) is 15.6 Å². The fourth-order valence-electron chi connectivity index (χ4n) is 2.00. The minimum atomic E-state index is -3.60. The number of carbonyl (C=O) groups is 2. The molecule has 0 bridgehead atoms. The lowest BCUT2D eigenvalue weighted by Gasteiger charge is -2.05. The van der Waals surface area contributed by atoms with Gasteiger partial charge in [-0.3, -0.25) is 4.79 Å². The van der Waals surface area contributed by atoms with Crippen molar-refractivity contribution in [3.8, 4) is 0 Å². The summed E-state index contributed by atoms with van der Waals surface area (Å²) in [5, 5.41) is 3.16. The molecule has 2 aromatic rings. The second-order valence-corrected chi connectivity index (χ2v) is 8.77. The number of carbonyl (C=O) groups excluding carboxylic acids is 2. The van der Waals surface area contributed by atoms with Crippen LogP contribution >= 0.6 is 22.9 Å². The highest BCUT2D eigenvalue weighted by atomic mass is 35.5. The Kier molecular flexibility index (Phi) is 6.74. The number of nitrogens with zero attached hydrogens (tertiary/aromatic N) is 1. The summed E-state index contributed by atoms with van der Waals surface area (Å²) < 4.78 is 29.4. The van der Waals surface area contributed by atoms with Crippen LogP contribution in [0.15, 0.2) is 29.2 Å². The number of aryl methyl sites for hydroxylation is 1. The number of nitrogens with one attached hydrogen (secondary N) is 1. The first-order chi connectivity index (χ1) is 12.2. The third-order valence-corrected chi connectivity index (χ3v) is 6.31. The van der Waals surface area contributed by atoms with Crippen molar-refractivity contribution in [2.75, 3.05) is 17.7 Å². The molecule has 0 saturated carbocycles. The first-order valence-electron chi connectivity index (χ1n) is 7.65. The van der Waals surface area contributed by atoms with E-state index >= 15 is 0 Å². The lowest BCUT2D eigenvalue weighted by molar-refractivity contribution is -0.115. The monoisotopic (exact) mass is 416 g/mol. The number of thiazole rings is 1. The number of benzene rings is 1. The van der Waals surface area contributed by atoms with Gasteiger partial charge in [0.2, 0.25) is 5.91 Å². The Morgan fingerprint density at radius 3 is 2.54 bits per heavy atom. The van der Waals surface area contributed by atoms with Crippen LogP contribution in [0.5, 0.6) is 0 Å². The van der Waals surface area contributed by atoms with E-state index in [9.17, 15) is 18.0 Å². The standard InChI is InChI=1S/C16H17ClN2O5S2/c1-3-24-15(21)14-10(2)18-16(25-14)19-13(20)8-9-26(22,23)12-6-4-11(17)5-7-12/h4-7H,3,8-9H2,1-2H3,(H,18,19,20). The zero-order chi connectivity index (χ0) is 19.3. The van der Waals surface area contributed by atoms with Gasteiger partial charge in [0.15, 0.2) is 15.0 Å². The molecule has 2 rings (SSSR count). The van der Waals surface area contributed by atoms with Crippen LogP contribution in [0.2, 0.25) is 5.02 Å². The van der Waals surface area contributed by atoms with Crippen molar-refractivity contribution >= 4 is 49.8 Å². The van der Waals surface area contributed by atoms with Crippen LogP contribution in [0.3, 0.4) is 0 Å². The Balaban J connectivity index is 1.98. The van der Waals surface area contributed by atoms with Gasteiger partial charge in [-0.05, 0) is 38.1 Å². The normalized spacial score (nSPS) is 11.2. The molecule has 1 N–H and O–H groups in total. The molecule has 0 aliphatic rings. The van der Waals surface area contributed by atoms with E-state index in [1.165, 1.54) is 24.3 Å². The summed E-state index contributed by atoms with van der Waals surface area (Å²) in [5.41, 5.74) is 0.442. The van der Waals surface area contributed by atoms with Gasteiger partial charge in [0, 0.05) is 11.4 Å². The highest BCUT2D eigenvalue weighted by Gasteiger charge is 2.19.